The summed E-state index contributed by atoms with van der Waals surface area (Å²) in [5.74, 6) is 0.215. The van der Waals surface area contributed by atoms with Crippen molar-refractivity contribution in [3.63, 3.8) is 0 Å². The van der Waals surface area contributed by atoms with Gasteiger partial charge in [0, 0.05) is 37.6 Å². The van der Waals surface area contributed by atoms with Gasteiger partial charge < -0.3 is 15.4 Å². The topological polar surface area (TPSA) is 53.6 Å². The first kappa shape index (κ1) is 24.0. The van der Waals surface area contributed by atoms with Gasteiger partial charge in [-0.1, -0.05) is 19.3 Å². The molecule has 0 spiro atoms. The van der Waals surface area contributed by atoms with Crippen molar-refractivity contribution < 1.29 is 9.53 Å². The molecule has 2 saturated heterocycles. The molecule has 154 valence electrons. The van der Waals surface area contributed by atoms with Gasteiger partial charge in [0.2, 0.25) is 5.91 Å². The van der Waals surface area contributed by atoms with E-state index in [9.17, 15) is 4.79 Å². The summed E-state index contributed by atoms with van der Waals surface area (Å²) in [5.41, 5.74) is 0.0541. The maximum absolute atomic E-state index is 12.4. The van der Waals surface area contributed by atoms with Crippen LogP contribution in [0.15, 0.2) is 0 Å². The van der Waals surface area contributed by atoms with E-state index in [1.807, 2.05) is 0 Å². The minimum absolute atomic E-state index is 0. The van der Waals surface area contributed by atoms with Crippen LogP contribution < -0.4 is 10.6 Å². The standard InChI is InChI=1S/C19H35N3O2.2ClH/c1-18(2)15-22(11-12-24-18)19(8-4-3-5-9-19)14-21-17(23)13-16-7-6-10-20-16;;/h16,20H,3-15H2,1-2H3,(H,21,23);2*1H. The Morgan fingerprint density at radius 1 is 1.19 bits per heavy atom. The number of halogens is 2. The first-order valence-corrected chi connectivity index (χ1v) is 9.88. The quantitative estimate of drug-likeness (QED) is 0.732. The highest BCUT2D eigenvalue weighted by Gasteiger charge is 2.42. The molecule has 3 rings (SSSR count). The van der Waals surface area contributed by atoms with E-state index in [2.05, 4.69) is 29.4 Å². The minimum Gasteiger partial charge on any atom is -0.373 e. The number of carbonyl (C=O) groups is 1. The Hall–Kier alpha value is -0.0700. The van der Waals surface area contributed by atoms with Crippen LogP contribution in [0.5, 0.6) is 0 Å². The van der Waals surface area contributed by atoms with E-state index in [4.69, 9.17) is 4.74 Å². The van der Waals surface area contributed by atoms with Gasteiger partial charge in [-0.25, -0.2) is 0 Å². The van der Waals surface area contributed by atoms with Crippen LogP contribution in [-0.2, 0) is 9.53 Å². The van der Waals surface area contributed by atoms with Crippen LogP contribution in [0.2, 0.25) is 0 Å². The van der Waals surface area contributed by atoms with Gasteiger partial charge in [-0.2, -0.15) is 0 Å². The highest BCUT2D eigenvalue weighted by Crippen LogP contribution is 2.36. The van der Waals surface area contributed by atoms with Crippen molar-refractivity contribution in [3.05, 3.63) is 0 Å². The van der Waals surface area contributed by atoms with E-state index in [-0.39, 0.29) is 41.9 Å². The van der Waals surface area contributed by atoms with Crippen LogP contribution in [0.1, 0.15) is 65.2 Å². The van der Waals surface area contributed by atoms with E-state index in [1.165, 1.54) is 38.5 Å². The molecule has 0 aromatic heterocycles. The number of hydrogen-bond donors (Lipinski definition) is 2. The Bertz CT molecular complexity index is 437. The summed E-state index contributed by atoms with van der Waals surface area (Å²) in [6, 6.07) is 0.384. The summed E-state index contributed by atoms with van der Waals surface area (Å²) in [7, 11) is 0. The maximum atomic E-state index is 12.4. The highest BCUT2D eigenvalue weighted by molar-refractivity contribution is 5.85. The Morgan fingerprint density at radius 3 is 2.54 bits per heavy atom. The van der Waals surface area contributed by atoms with Crippen LogP contribution in [0.25, 0.3) is 0 Å². The summed E-state index contributed by atoms with van der Waals surface area (Å²) in [6.07, 6.45) is 9.24. The second kappa shape index (κ2) is 10.5. The van der Waals surface area contributed by atoms with Gasteiger partial charge >= 0.3 is 0 Å². The fraction of sp³-hybridized carbons (Fsp3) is 0.947. The molecule has 2 aliphatic heterocycles. The van der Waals surface area contributed by atoms with Crippen LogP contribution in [-0.4, -0.2) is 60.8 Å². The van der Waals surface area contributed by atoms with Gasteiger partial charge in [-0.15, -0.1) is 24.8 Å². The average molecular weight is 410 g/mol. The van der Waals surface area contributed by atoms with Crippen molar-refractivity contribution in [2.24, 2.45) is 0 Å². The zero-order valence-corrected chi connectivity index (χ0v) is 18.0. The molecule has 7 heteroatoms. The lowest BCUT2D eigenvalue weighted by Crippen LogP contribution is -2.63. The number of rotatable bonds is 5. The van der Waals surface area contributed by atoms with E-state index < -0.39 is 0 Å². The molecule has 1 aliphatic carbocycles. The van der Waals surface area contributed by atoms with Crippen molar-refractivity contribution in [3.8, 4) is 0 Å². The number of ether oxygens (including phenoxy) is 1. The molecule has 2 heterocycles. The van der Waals surface area contributed by atoms with Crippen molar-refractivity contribution in [2.45, 2.75) is 82.4 Å². The molecule has 1 unspecified atom stereocenters. The fourth-order valence-electron chi connectivity index (χ4n) is 4.73. The van der Waals surface area contributed by atoms with E-state index in [1.54, 1.807) is 0 Å². The number of carbonyl (C=O) groups excluding carboxylic acids is 1. The molecule has 1 saturated carbocycles. The predicted molar refractivity (Wildman–Crippen MR) is 111 cm³/mol. The van der Waals surface area contributed by atoms with Gasteiger partial charge in [0.1, 0.15) is 0 Å². The summed E-state index contributed by atoms with van der Waals surface area (Å²) in [5, 5.41) is 6.70. The van der Waals surface area contributed by atoms with Gasteiger partial charge in [-0.05, 0) is 46.1 Å². The number of morpholine rings is 1. The highest BCUT2D eigenvalue weighted by atomic mass is 35.5. The number of nitrogens with one attached hydrogen (secondary N) is 2. The van der Waals surface area contributed by atoms with Crippen LogP contribution in [0.4, 0.5) is 0 Å². The lowest BCUT2D eigenvalue weighted by atomic mass is 9.79. The first-order chi connectivity index (χ1) is 11.5. The number of nitrogens with zero attached hydrogens (tertiary/aromatic N) is 1. The molecular formula is C19H37Cl2N3O2. The van der Waals surface area contributed by atoms with Crippen LogP contribution in [0, 0.1) is 0 Å². The van der Waals surface area contributed by atoms with Crippen molar-refractivity contribution in [2.75, 3.05) is 32.8 Å². The molecule has 0 radical (unpaired) electrons. The zero-order valence-electron chi connectivity index (χ0n) is 16.3. The SMILES string of the molecule is CC1(C)CN(C2(CNC(=O)CC3CCCN3)CCCCC2)CCO1.Cl.Cl. The first-order valence-electron chi connectivity index (χ1n) is 9.88. The summed E-state index contributed by atoms with van der Waals surface area (Å²) >= 11 is 0. The van der Waals surface area contributed by atoms with E-state index in [0.29, 0.717) is 12.5 Å². The molecule has 5 nitrogen and oxygen atoms in total. The third-order valence-electron chi connectivity index (χ3n) is 6.09. The van der Waals surface area contributed by atoms with Crippen molar-refractivity contribution in [1.82, 2.24) is 15.5 Å². The minimum atomic E-state index is -0.0829. The van der Waals surface area contributed by atoms with Crippen molar-refractivity contribution >= 4 is 30.7 Å². The van der Waals surface area contributed by atoms with E-state index in [0.717, 1.165) is 39.2 Å². The monoisotopic (exact) mass is 409 g/mol. The predicted octanol–water partition coefficient (Wildman–Crippen LogP) is 2.90. The summed E-state index contributed by atoms with van der Waals surface area (Å²) in [6.45, 7) is 8.98. The largest absolute Gasteiger partial charge is 0.373 e. The lowest BCUT2D eigenvalue weighted by molar-refractivity contribution is -0.129. The fourth-order valence-corrected chi connectivity index (χ4v) is 4.73. The van der Waals surface area contributed by atoms with E-state index >= 15 is 0 Å². The number of hydrogen-bond acceptors (Lipinski definition) is 4. The summed E-state index contributed by atoms with van der Waals surface area (Å²) < 4.78 is 5.91. The molecule has 3 fully saturated rings. The van der Waals surface area contributed by atoms with Gasteiger partial charge in [0.05, 0.1) is 12.2 Å². The Balaban J connectivity index is 0.00000169. The van der Waals surface area contributed by atoms with Gasteiger partial charge in [0.15, 0.2) is 0 Å². The second-order valence-electron chi connectivity index (χ2n) is 8.59. The van der Waals surface area contributed by atoms with Gasteiger partial charge in [0.25, 0.3) is 0 Å². The normalized spacial score (nSPS) is 27.8. The van der Waals surface area contributed by atoms with Gasteiger partial charge in [-0.3, -0.25) is 9.69 Å². The molecule has 0 bridgehead atoms. The Labute approximate surface area is 171 Å². The van der Waals surface area contributed by atoms with Crippen LogP contribution in [0.3, 0.4) is 0 Å². The summed E-state index contributed by atoms with van der Waals surface area (Å²) in [4.78, 5) is 15.0. The van der Waals surface area contributed by atoms with Crippen molar-refractivity contribution in [1.29, 1.82) is 0 Å². The zero-order chi connectivity index (χ0) is 17.0. The Morgan fingerprint density at radius 2 is 1.92 bits per heavy atom. The molecule has 0 aromatic rings. The molecule has 3 aliphatic rings. The molecule has 0 aromatic carbocycles. The Kier molecular flexibility index (Phi) is 9.65. The molecule has 1 atom stereocenters. The third-order valence-corrected chi connectivity index (χ3v) is 6.09. The molecule has 2 N–H and O–H groups in total. The maximum Gasteiger partial charge on any atom is 0.221 e. The lowest BCUT2D eigenvalue weighted by Gasteiger charge is -2.51. The molecule has 26 heavy (non-hydrogen) atoms. The molecule has 1 amide bonds. The third kappa shape index (κ3) is 6.23. The molecular weight excluding hydrogens is 373 g/mol. The smallest absolute Gasteiger partial charge is 0.221 e. The average Bonchev–Trinajstić information content (AvgIpc) is 3.06. The number of amides is 1. The van der Waals surface area contributed by atoms with Crippen LogP contribution >= 0.6 is 24.8 Å². The second-order valence-corrected chi connectivity index (χ2v) is 8.59.